The van der Waals surface area contributed by atoms with E-state index in [4.69, 9.17) is 5.73 Å². The first-order chi connectivity index (χ1) is 9.13. The first-order valence-corrected chi connectivity index (χ1v) is 6.27. The third kappa shape index (κ3) is 3.00. The Kier molecular flexibility index (Phi) is 3.97. The van der Waals surface area contributed by atoms with Crippen LogP contribution >= 0.6 is 0 Å². The zero-order valence-electron chi connectivity index (χ0n) is 11.2. The minimum absolute atomic E-state index is 0.132. The van der Waals surface area contributed by atoms with Crippen molar-refractivity contribution in [3.8, 4) is 0 Å². The molecule has 0 aliphatic heterocycles. The Bertz CT molecular complexity index is 604. The summed E-state index contributed by atoms with van der Waals surface area (Å²) in [5.74, 6) is 1.33. The Morgan fingerprint density at radius 3 is 2.58 bits per heavy atom. The monoisotopic (exact) mass is 258 g/mol. The van der Waals surface area contributed by atoms with Crippen molar-refractivity contribution < 1.29 is 0 Å². The average molecular weight is 258 g/mol. The number of nitrogens with zero attached hydrogens (tertiary/aromatic N) is 2. The van der Waals surface area contributed by atoms with Crippen LogP contribution < -0.4 is 16.2 Å². The number of H-pyrrole nitrogens is 1. The molecule has 0 unspecified atom stereocenters. The van der Waals surface area contributed by atoms with Gasteiger partial charge in [0.05, 0.1) is 0 Å². The van der Waals surface area contributed by atoms with E-state index in [9.17, 15) is 4.79 Å². The lowest BCUT2D eigenvalue weighted by atomic mass is 10.2. The first kappa shape index (κ1) is 13.3. The summed E-state index contributed by atoms with van der Waals surface area (Å²) in [6, 6.07) is 9.38. The van der Waals surface area contributed by atoms with Crippen molar-refractivity contribution in [1.82, 2.24) is 9.97 Å². The number of aromatic amines is 1. The van der Waals surface area contributed by atoms with Gasteiger partial charge >= 0.3 is 0 Å². The van der Waals surface area contributed by atoms with Gasteiger partial charge in [-0.2, -0.15) is 0 Å². The zero-order valence-corrected chi connectivity index (χ0v) is 11.2. The third-order valence-corrected chi connectivity index (χ3v) is 3.02. The van der Waals surface area contributed by atoms with Crippen LogP contribution in [0.4, 0.5) is 11.5 Å². The highest BCUT2D eigenvalue weighted by atomic mass is 16.1. The Balaban J connectivity index is 2.34. The van der Waals surface area contributed by atoms with Gasteiger partial charge in [0.25, 0.3) is 5.56 Å². The normalized spacial score (nSPS) is 10.5. The molecule has 2 rings (SSSR count). The van der Waals surface area contributed by atoms with E-state index < -0.39 is 0 Å². The zero-order chi connectivity index (χ0) is 13.8. The molecular formula is C14H18N4O. The van der Waals surface area contributed by atoms with Crippen molar-refractivity contribution in [1.29, 1.82) is 0 Å². The van der Waals surface area contributed by atoms with E-state index in [0.29, 0.717) is 24.6 Å². The lowest BCUT2D eigenvalue weighted by Gasteiger charge is -2.18. The second-order valence-corrected chi connectivity index (χ2v) is 4.33. The van der Waals surface area contributed by atoms with E-state index >= 15 is 0 Å². The second kappa shape index (κ2) is 5.67. The molecule has 0 radical (unpaired) electrons. The maximum atomic E-state index is 11.6. The van der Waals surface area contributed by atoms with Crippen LogP contribution in [0.3, 0.4) is 0 Å². The smallest absolute Gasteiger partial charge is 0.252 e. The van der Waals surface area contributed by atoms with Gasteiger partial charge in [-0.05, 0) is 17.7 Å². The summed E-state index contributed by atoms with van der Waals surface area (Å²) >= 11 is 0. The van der Waals surface area contributed by atoms with E-state index in [-0.39, 0.29) is 5.56 Å². The Hall–Kier alpha value is -2.14. The molecule has 0 saturated heterocycles. The lowest BCUT2D eigenvalue weighted by molar-refractivity contribution is 0.908. The van der Waals surface area contributed by atoms with Gasteiger partial charge in [0.15, 0.2) is 0 Å². The minimum atomic E-state index is -0.132. The van der Waals surface area contributed by atoms with Crippen LogP contribution in [0.15, 0.2) is 35.1 Å². The number of anilines is 2. The van der Waals surface area contributed by atoms with Gasteiger partial charge in [-0.15, -0.1) is 0 Å². The molecule has 1 heterocycles. The fourth-order valence-corrected chi connectivity index (χ4v) is 1.82. The highest BCUT2D eigenvalue weighted by Gasteiger charge is 2.07. The number of hydrogen-bond acceptors (Lipinski definition) is 4. The Labute approximate surface area is 112 Å². The van der Waals surface area contributed by atoms with Crippen molar-refractivity contribution in [2.75, 3.05) is 11.9 Å². The van der Waals surface area contributed by atoms with Crippen LogP contribution in [-0.4, -0.2) is 17.0 Å². The summed E-state index contributed by atoms with van der Waals surface area (Å²) in [6.07, 6.45) is 0.697. The van der Waals surface area contributed by atoms with Crippen molar-refractivity contribution in [2.24, 2.45) is 5.73 Å². The van der Waals surface area contributed by atoms with Crippen LogP contribution in [0, 0.1) is 0 Å². The quantitative estimate of drug-likeness (QED) is 0.872. The molecule has 0 aliphatic rings. The van der Waals surface area contributed by atoms with E-state index in [1.807, 2.05) is 43.1 Å². The van der Waals surface area contributed by atoms with Crippen LogP contribution in [0.25, 0.3) is 0 Å². The Morgan fingerprint density at radius 1 is 1.32 bits per heavy atom. The van der Waals surface area contributed by atoms with Gasteiger partial charge in [0.1, 0.15) is 11.6 Å². The first-order valence-electron chi connectivity index (χ1n) is 6.27. The van der Waals surface area contributed by atoms with Gasteiger partial charge in [-0.1, -0.05) is 19.1 Å². The van der Waals surface area contributed by atoms with Crippen LogP contribution in [0.1, 0.15) is 18.3 Å². The Morgan fingerprint density at radius 2 is 2.00 bits per heavy atom. The number of hydrogen-bond donors (Lipinski definition) is 2. The highest BCUT2D eigenvalue weighted by Crippen LogP contribution is 2.20. The van der Waals surface area contributed by atoms with Crippen LogP contribution in [-0.2, 0) is 13.0 Å². The second-order valence-electron chi connectivity index (χ2n) is 4.33. The fraction of sp³-hybridized carbons (Fsp3) is 0.286. The van der Waals surface area contributed by atoms with E-state index in [1.54, 1.807) is 0 Å². The molecule has 0 fully saturated rings. The number of nitrogens with one attached hydrogen (secondary N) is 1. The molecule has 0 saturated carbocycles. The molecule has 5 heteroatoms. The summed E-state index contributed by atoms with van der Waals surface area (Å²) in [7, 11) is 1.89. The van der Waals surface area contributed by atoms with Crippen molar-refractivity contribution in [3.05, 3.63) is 52.1 Å². The number of benzene rings is 1. The maximum Gasteiger partial charge on any atom is 0.252 e. The SMILES string of the molecule is CCc1nc(N(C)c2ccc(CN)cc2)cc(=O)[nH]1. The molecule has 0 amide bonds. The van der Waals surface area contributed by atoms with E-state index in [0.717, 1.165) is 11.3 Å². The summed E-state index contributed by atoms with van der Waals surface area (Å²) in [6.45, 7) is 2.48. The summed E-state index contributed by atoms with van der Waals surface area (Å²) in [4.78, 5) is 20.6. The molecule has 0 spiro atoms. The molecule has 3 N–H and O–H groups in total. The molecule has 1 aromatic heterocycles. The predicted octanol–water partition coefficient (Wildman–Crippen LogP) is 1.56. The van der Waals surface area contributed by atoms with Gasteiger partial charge in [0.2, 0.25) is 0 Å². The molecule has 100 valence electrons. The number of rotatable bonds is 4. The number of aromatic nitrogens is 2. The molecular weight excluding hydrogens is 240 g/mol. The van der Waals surface area contributed by atoms with Crippen LogP contribution in [0.2, 0.25) is 0 Å². The molecule has 19 heavy (non-hydrogen) atoms. The van der Waals surface area contributed by atoms with Crippen molar-refractivity contribution in [2.45, 2.75) is 19.9 Å². The maximum absolute atomic E-state index is 11.6. The van der Waals surface area contributed by atoms with Crippen LogP contribution in [0.5, 0.6) is 0 Å². The highest BCUT2D eigenvalue weighted by molar-refractivity contribution is 5.59. The molecule has 0 atom stereocenters. The summed E-state index contributed by atoms with van der Waals surface area (Å²) in [5.41, 5.74) is 7.49. The molecule has 2 aromatic rings. The predicted molar refractivity (Wildman–Crippen MR) is 76.6 cm³/mol. The lowest BCUT2D eigenvalue weighted by Crippen LogP contribution is -2.18. The topological polar surface area (TPSA) is 75.0 Å². The number of aryl methyl sites for hydroxylation is 1. The standard InChI is InChI=1S/C14H18N4O/c1-3-12-16-13(8-14(19)17-12)18(2)11-6-4-10(9-15)5-7-11/h4-8H,3,9,15H2,1-2H3,(H,16,17,19). The summed E-state index contributed by atoms with van der Waals surface area (Å²) in [5, 5.41) is 0. The largest absolute Gasteiger partial charge is 0.329 e. The summed E-state index contributed by atoms with van der Waals surface area (Å²) < 4.78 is 0. The molecule has 0 bridgehead atoms. The van der Waals surface area contributed by atoms with Gasteiger partial charge in [0, 0.05) is 31.8 Å². The van der Waals surface area contributed by atoms with E-state index in [2.05, 4.69) is 9.97 Å². The molecule has 0 aliphatic carbocycles. The van der Waals surface area contributed by atoms with Crippen molar-refractivity contribution in [3.63, 3.8) is 0 Å². The fourth-order valence-electron chi connectivity index (χ4n) is 1.82. The van der Waals surface area contributed by atoms with Crippen molar-refractivity contribution >= 4 is 11.5 Å². The molecule has 5 nitrogen and oxygen atoms in total. The number of nitrogens with two attached hydrogens (primary N) is 1. The van der Waals surface area contributed by atoms with Gasteiger partial charge < -0.3 is 15.6 Å². The minimum Gasteiger partial charge on any atom is -0.329 e. The third-order valence-electron chi connectivity index (χ3n) is 3.02. The molecule has 1 aromatic carbocycles. The van der Waals surface area contributed by atoms with Gasteiger partial charge in [-0.25, -0.2) is 4.98 Å². The van der Waals surface area contributed by atoms with E-state index in [1.165, 1.54) is 6.07 Å². The average Bonchev–Trinajstić information content (AvgIpc) is 2.46. The van der Waals surface area contributed by atoms with Gasteiger partial charge in [-0.3, -0.25) is 4.79 Å².